The number of nitrogens with zero attached hydrogens (tertiary/aromatic N) is 4. The first kappa shape index (κ1) is 17.0. The number of fused-ring (bicyclic) bond motifs is 1. The van der Waals surface area contributed by atoms with Crippen LogP contribution in [-0.2, 0) is 15.6 Å². The van der Waals surface area contributed by atoms with Crippen molar-refractivity contribution in [1.29, 1.82) is 0 Å². The molecule has 0 fully saturated rings. The topological polar surface area (TPSA) is 132 Å². The van der Waals surface area contributed by atoms with Gasteiger partial charge in [0.15, 0.2) is 15.7 Å². The molecule has 2 heterocycles. The van der Waals surface area contributed by atoms with Gasteiger partial charge in [-0.25, -0.2) is 13.1 Å². The fraction of sp³-hybridized carbons (Fsp3) is 0.118. The number of hydrogen-bond donors (Lipinski definition) is 3. The number of aromatic amines is 1. The Morgan fingerprint density at radius 3 is 2.70 bits per heavy atom. The Morgan fingerprint density at radius 2 is 1.93 bits per heavy atom. The maximum Gasteiger partial charge on any atom is 0.247 e. The predicted octanol–water partition coefficient (Wildman–Crippen LogP) is 1.89. The minimum atomic E-state index is -3.58. The monoisotopic (exact) mass is 383 g/mol. The summed E-state index contributed by atoms with van der Waals surface area (Å²) in [6.45, 7) is 1.89. The maximum atomic E-state index is 12.6. The van der Waals surface area contributed by atoms with Crippen molar-refractivity contribution in [3.05, 3.63) is 60.0 Å². The van der Waals surface area contributed by atoms with Gasteiger partial charge in [0.25, 0.3) is 0 Å². The van der Waals surface area contributed by atoms with E-state index in [1.807, 2.05) is 25.1 Å². The maximum absolute atomic E-state index is 12.6. The van der Waals surface area contributed by atoms with Crippen LogP contribution >= 0.6 is 0 Å². The Hall–Kier alpha value is -3.40. The molecule has 0 aliphatic carbocycles. The number of rotatable bonds is 5. The quantitative estimate of drug-likeness (QED) is 0.448. The van der Waals surface area contributed by atoms with E-state index in [1.165, 1.54) is 0 Å². The van der Waals surface area contributed by atoms with Crippen LogP contribution in [0.15, 0.2) is 53.6 Å². The summed E-state index contributed by atoms with van der Waals surface area (Å²) in [5.41, 5.74) is 2.62. The number of nitrogens with two attached hydrogens (primary N) is 1. The molecule has 0 saturated carbocycles. The van der Waals surface area contributed by atoms with Crippen LogP contribution in [0.1, 0.15) is 11.4 Å². The van der Waals surface area contributed by atoms with Crippen LogP contribution in [0.3, 0.4) is 0 Å². The van der Waals surface area contributed by atoms with Crippen molar-refractivity contribution < 1.29 is 8.42 Å². The second-order valence-electron chi connectivity index (χ2n) is 6.18. The molecule has 0 aliphatic rings. The van der Waals surface area contributed by atoms with Gasteiger partial charge >= 0.3 is 0 Å². The zero-order valence-electron chi connectivity index (χ0n) is 14.4. The van der Waals surface area contributed by atoms with Crippen molar-refractivity contribution in [2.45, 2.75) is 17.6 Å². The molecule has 0 saturated heterocycles. The summed E-state index contributed by atoms with van der Waals surface area (Å²) in [7, 11) is -3.58. The first-order valence-corrected chi connectivity index (χ1v) is 9.76. The lowest BCUT2D eigenvalue weighted by Gasteiger charge is -2.07. The highest BCUT2D eigenvalue weighted by Gasteiger charge is 2.20. The second-order valence-corrected chi connectivity index (χ2v) is 8.17. The minimum absolute atomic E-state index is 0.141. The molecule has 27 heavy (non-hydrogen) atoms. The van der Waals surface area contributed by atoms with Crippen LogP contribution in [0.2, 0.25) is 0 Å². The summed E-state index contributed by atoms with van der Waals surface area (Å²) in [6, 6.07) is 12.2. The molecule has 4 rings (SSSR count). The Morgan fingerprint density at radius 1 is 1.15 bits per heavy atom. The van der Waals surface area contributed by atoms with Crippen molar-refractivity contribution in [1.82, 2.24) is 25.1 Å². The predicted molar refractivity (Wildman–Crippen MR) is 102 cm³/mol. The van der Waals surface area contributed by atoms with E-state index >= 15 is 0 Å². The summed E-state index contributed by atoms with van der Waals surface area (Å²) < 4.78 is 26.3. The van der Waals surface area contributed by atoms with E-state index in [9.17, 15) is 8.42 Å². The van der Waals surface area contributed by atoms with Crippen LogP contribution in [0.5, 0.6) is 0 Å². The average molecular weight is 383 g/mol. The summed E-state index contributed by atoms with van der Waals surface area (Å²) in [5, 5.41) is 18.7. The standard InChI is InChI=1S/C17H17N7O2S/c1-11-2-5-14(6-3-11)27(25,26)10-16-22-23-17(24(16)18)20-13-4-7-15-12(8-13)9-19-21-15/h2-9H,10,18H2,1H3,(H,19,21)(H,20,23). The number of H-pyrrole nitrogens is 1. The first-order valence-electron chi connectivity index (χ1n) is 8.11. The van der Waals surface area contributed by atoms with Gasteiger partial charge in [0.1, 0.15) is 5.75 Å². The van der Waals surface area contributed by atoms with Crippen LogP contribution in [-0.4, -0.2) is 33.5 Å². The van der Waals surface area contributed by atoms with Crippen LogP contribution in [0, 0.1) is 6.92 Å². The molecule has 0 bridgehead atoms. The number of aryl methyl sites for hydroxylation is 1. The van der Waals surface area contributed by atoms with Crippen LogP contribution in [0.4, 0.5) is 11.6 Å². The SMILES string of the molecule is Cc1ccc(S(=O)(=O)Cc2nnc(Nc3ccc4[nH]ncc4c3)n2N)cc1. The lowest BCUT2D eigenvalue weighted by Crippen LogP contribution is -2.18. The van der Waals surface area contributed by atoms with Crippen molar-refractivity contribution in [3.63, 3.8) is 0 Å². The highest BCUT2D eigenvalue weighted by molar-refractivity contribution is 7.90. The molecule has 2 aromatic heterocycles. The second kappa shape index (κ2) is 6.40. The number of nitrogens with one attached hydrogen (secondary N) is 2. The molecule has 0 amide bonds. The molecule has 0 unspecified atom stereocenters. The molecule has 4 N–H and O–H groups in total. The van der Waals surface area contributed by atoms with Gasteiger partial charge in [-0.2, -0.15) is 5.10 Å². The Labute approximate surface area is 155 Å². The highest BCUT2D eigenvalue weighted by atomic mass is 32.2. The minimum Gasteiger partial charge on any atom is -0.335 e. The van der Waals surface area contributed by atoms with Gasteiger partial charge in [-0.3, -0.25) is 5.10 Å². The first-order chi connectivity index (χ1) is 12.9. The molecule has 2 aromatic carbocycles. The van der Waals surface area contributed by atoms with E-state index in [0.29, 0.717) is 0 Å². The van der Waals surface area contributed by atoms with Crippen molar-refractivity contribution in [2.75, 3.05) is 11.2 Å². The number of nitrogen functional groups attached to an aromatic ring is 1. The molecular weight excluding hydrogens is 366 g/mol. The van der Waals surface area contributed by atoms with Crippen LogP contribution in [0.25, 0.3) is 10.9 Å². The number of sulfone groups is 1. The normalized spacial score (nSPS) is 11.7. The van der Waals surface area contributed by atoms with Gasteiger partial charge in [0.2, 0.25) is 5.95 Å². The Bertz CT molecular complexity index is 1210. The van der Waals surface area contributed by atoms with E-state index in [1.54, 1.807) is 30.5 Å². The number of benzene rings is 2. The van der Waals surface area contributed by atoms with Gasteiger partial charge in [0, 0.05) is 11.1 Å². The molecule has 0 spiro atoms. The largest absolute Gasteiger partial charge is 0.335 e. The van der Waals surface area contributed by atoms with Gasteiger partial charge in [0.05, 0.1) is 16.6 Å². The van der Waals surface area contributed by atoms with Crippen molar-refractivity contribution >= 4 is 32.4 Å². The number of aromatic nitrogens is 5. The Balaban J connectivity index is 1.57. The zero-order chi connectivity index (χ0) is 19.0. The van der Waals surface area contributed by atoms with Gasteiger partial charge < -0.3 is 11.2 Å². The highest BCUT2D eigenvalue weighted by Crippen LogP contribution is 2.21. The van der Waals surface area contributed by atoms with Crippen molar-refractivity contribution in [3.8, 4) is 0 Å². The van der Waals surface area contributed by atoms with E-state index in [4.69, 9.17) is 5.84 Å². The van der Waals surface area contributed by atoms with Gasteiger partial charge in [-0.05, 0) is 37.3 Å². The van der Waals surface area contributed by atoms with E-state index in [0.717, 1.165) is 26.8 Å². The van der Waals surface area contributed by atoms with Gasteiger partial charge in [-0.1, -0.05) is 17.7 Å². The molecule has 138 valence electrons. The smallest absolute Gasteiger partial charge is 0.247 e. The summed E-state index contributed by atoms with van der Waals surface area (Å²) in [5.74, 6) is 6.04. The van der Waals surface area contributed by atoms with Crippen molar-refractivity contribution in [2.24, 2.45) is 0 Å². The zero-order valence-corrected chi connectivity index (χ0v) is 15.2. The third kappa shape index (κ3) is 3.34. The number of hydrogen-bond acceptors (Lipinski definition) is 7. The molecule has 10 heteroatoms. The molecule has 0 atom stereocenters. The molecule has 0 radical (unpaired) electrons. The molecule has 9 nitrogen and oxygen atoms in total. The molecular formula is C17H17N7O2S. The van der Waals surface area contributed by atoms with Crippen LogP contribution < -0.4 is 11.2 Å². The third-order valence-electron chi connectivity index (χ3n) is 4.16. The van der Waals surface area contributed by atoms with E-state index in [2.05, 4.69) is 25.7 Å². The van der Waals surface area contributed by atoms with Gasteiger partial charge in [-0.15, -0.1) is 10.2 Å². The summed E-state index contributed by atoms with van der Waals surface area (Å²) in [6.07, 6.45) is 1.70. The fourth-order valence-corrected chi connectivity index (χ4v) is 3.91. The lowest BCUT2D eigenvalue weighted by molar-refractivity contribution is 0.593. The Kier molecular flexibility index (Phi) is 4.04. The summed E-state index contributed by atoms with van der Waals surface area (Å²) >= 11 is 0. The third-order valence-corrected chi connectivity index (χ3v) is 5.79. The lowest BCUT2D eigenvalue weighted by atomic mass is 10.2. The van der Waals surface area contributed by atoms with E-state index < -0.39 is 9.84 Å². The number of anilines is 2. The fourth-order valence-electron chi connectivity index (χ4n) is 2.66. The average Bonchev–Trinajstić information content (AvgIpc) is 3.23. The van der Waals surface area contributed by atoms with E-state index in [-0.39, 0.29) is 22.4 Å². The summed E-state index contributed by atoms with van der Waals surface area (Å²) in [4.78, 5) is 0.219. The molecule has 0 aliphatic heterocycles. The molecule has 4 aromatic rings.